The fourth-order valence-corrected chi connectivity index (χ4v) is 4.34. The van der Waals surface area contributed by atoms with Crippen LogP contribution in [0, 0.1) is 5.92 Å². The van der Waals surface area contributed by atoms with Crippen LogP contribution >= 0.6 is 11.6 Å². The molecule has 1 N–H and O–H groups in total. The molecule has 1 aliphatic heterocycles. The smallest absolute Gasteiger partial charge is 0.314 e. The summed E-state index contributed by atoms with van der Waals surface area (Å²) in [6.45, 7) is 3.46. The Morgan fingerprint density at radius 1 is 1.08 bits per heavy atom. The lowest BCUT2D eigenvalue weighted by molar-refractivity contribution is -0.137. The van der Waals surface area contributed by atoms with Gasteiger partial charge in [-0.25, -0.2) is 0 Å². The van der Waals surface area contributed by atoms with Crippen molar-refractivity contribution >= 4 is 11.6 Å². The Labute approximate surface area is 146 Å². The van der Waals surface area contributed by atoms with E-state index in [0.29, 0.717) is 16.5 Å². The molecule has 1 aliphatic carbocycles. The number of hydrogen-bond acceptors (Lipinski definition) is 2. The highest BCUT2D eigenvalue weighted by atomic mass is 35.5. The molecule has 2 nitrogen and oxygen atoms in total. The monoisotopic (exact) mass is 360 g/mol. The van der Waals surface area contributed by atoms with E-state index in [0.717, 1.165) is 57.9 Å². The Morgan fingerprint density at radius 3 is 2.38 bits per heavy atom. The second kappa shape index (κ2) is 7.63. The quantitative estimate of drug-likeness (QED) is 0.826. The molecule has 1 saturated heterocycles. The van der Waals surface area contributed by atoms with Gasteiger partial charge >= 0.3 is 6.18 Å². The fraction of sp³-hybridized carbons (Fsp3) is 0.667. The van der Waals surface area contributed by atoms with Crippen molar-refractivity contribution in [1.82, 2.24) is 10.2 Å². The van der Waals surface area contributed by atoms with Gasteiger partial charge in [0.2, 0.25) is 0 Å². The third-order valence-corrected chi connectivity index (χ3v) is 5.63. The van der Waals surface area contributed by atoms with Crippen molar-refractivity contribution in [2.75, 3.05) is 26.2 Å². The molecule has 1 aromatic carbocycles. The van der Waals surface area contributed by atoms with Gasteiger partial charge in [0, 0.05) is 37.2 Å². The molecule has 3 rings (SSSR count). The molecular weight excluding hydrogens is 337 g/mol. The molecule has 1 heterocycles. The van der Waals surface area contributed by atoms with Crippen LogP contribution in [0.15, 0.2) is 18.2 Å². The van der Waals surface area contributed by atoms with Crippen LogP contribution in [0.1, 0.15) is 49.3 Å². The first kappa shape index (κ1) is 18.0. The summed E-state index contributed by atoms with van der Waals surface area (Å²) in [6.07, 6.45) is 1.34. The zero-order chi connectivity index (χ0) is 17.2. The summed E-state index contributed by atoms with van der Waals surface area (Å²) in [7, 11) is 0. The summed E-state index contributed by atoms with van der Waals surface area (Å²) < 4.78 is 39.5. The number of nitrogens with one attached hydrogen (secondary N) is 1. The fourth-order valence-electron chi connectivity index (χ4n) is 4.11. The van der Waals surface area contributed by atoms with Gasteiger partial charge in [0.1, 0.15) is 0 Å². The Morgan fingerprint density at radius 2 is 1.75 bits per heavy atom. The molecule has 0 amide bonds. The Balaban J connectivity index is 1.97. The highest BCUT2D eigenvalue weighted by Gasteiger charge is 2.35. The zero-order valence-corrected chi connectivity index (χ0v) is 14.5. The number of nitrogens with zero attached hydrogens (tertiary/aromatic N) is 1. The number of hydrogen-bond donors (Lipinski definition) is 1. The lowest BCUT2D eigenvalue weighted by Crippen LogP contribution is -2.47. The molecule has 1 aromatic rings. The summed E-state index contributed by atoms with van der Waals surface area (Å²) in [5.41, 5.74) is 0.0538. The Bertz CT molecular complexity index is 532. The normalized spacial score (nSPS) is 22.5. The first-order valence-corrected chi connectivity index (χ1v) is 9.16. The van der Waals surface area contributed by atoms with E-state index in [2.05, 4.69) is 10.2 Å². The SMILES string of the molecule is FC(F)(F)c1ccc(Cl)c([C@@H](C2CCCCC2)N2CCNCC2)c1. The maximum absolute atomic E-state index is 13.2. The summed E-state index contributed by atoms with van der Waals surface area (Å²) in [4.78, 5) is 2.33. The zero-order valence-electron chi connectivity index (χ0n) is 13.7. The topological polar surface area (TPSA) is 15.3 Å². The maximum Gasteiger partial charge on any atom is 0.416 e. The summed E-state index contributed by atoms with van der Waals surface area (Å²) in [5.74, 6) is 0.387. The molecule has 0 unspecified atom stereocenters. The second-order valence-corrected chi connectivity index (χ2v) is 7.27. The first-order valence-electron chi connectivity index (χ1n) is 8.78. The molecule has 0 spiro atoms. The highest BCUT2D eigenvalue weighted by Crippen LogP contribution is 2.42. The molecular formula is C18H24ClF3N2. The lowest BCUT2D eigenvalue weighted by Gasteiger charge is -2.41. The minimum absolute atomic E-state index is 0.0119. The average Bonchev–Trinajstić information content (AvgIpc) is 2.58. The van der Waals surface area contributed by atoms with Crippen molar-refractivity contribution in [3.05, 3.63) is 34.3 Å². The highest BCUT2D eigenvalue weighted by molar-refractivity contribution is 6.31. The van der Waals surface area contributed by atoms with Crippen LogP contribution in [0.4, 0.5) is 13.2 Å². The van der Waals surface area contributed by atoms with E-state index in [4.69, 9.17) is 11.6 Å². The van der Waals surface area contributed by atoms with Crippen LogP contribution in [-0.2, 0) is 6.18 Å². The van der Waals surface area contributed by atoms with Crippen molar-refractivity contribution in [3.63, 3.8) is 0 Å². The molecule has 6 heteroatoms. The van der Waals surface area contributed by atoms with Gasteiger partial charge < -0.3 is 5.32 Å². The Kier molecular flexibility index (Phi) is 5.73. The minimum atomic E-state index is -4.33. The average molecular weight is 361 g/mol. The van der Waals surface area contributed by atoms with E-state index in [1.54, 1.807) is 0 Å². The summed E-state index contributed by atoms with van der Waals surface area (Å²) in [5, 5.41) is 3.78. The van der Waals surface area contributed by atoms with Gasteiger partial charge in [-0.05, 0) is 42.5 Å². The van der Waals surface area contributed by atoms with Crippen molar-refractivity contribution in [3.8, 4) is 0 Å². The number of rotatable bonds is 3. The van der Waals surface area contributed by atoms with E-state index in [-0.39, 0.29) is 6.04 Å². The number of benzene rings is 1. The third-order valence-electron chi connectivity index (χ3n) is 5.28. The largest absolute Gasteiger partial charge is 0.416 e. The van der Waals surface area contributed by atoms with Crippen LogP contribution in [0.25, 0.3) is 0 Å². The van der Waals surface area contributed by atoms with Crippen molar-refractivity contribution in [2.45, 2.75) is 44.3 Å². The summed E-state index contributed by atoms with van der Waals surface area (Å²) in [6, 6.07) is 3.77. The molecule has 134 valence electrons. The minimum Gasteiger partial charge on any atom is -0.314 e. The van der Waals surface area contributed by atoms with E-state index >= 15 is 0 Å². The number of alkyl halides is 3. The first-order chi connectivity index (χ1) is 11.5. The van der Waals surface area contributed by atoms with E-state index in [1.165, 1.54) is 18.6 Å². The predicted molar refractivity (Wildman–Crippen MR) is 90.2 cm³/mol. The molecule has 2 aliphatic rings. The number of piperazine rings is 1. The van der Waals surface area contributed by atoms with E-state index < -0.39 is 11.7 Å². The predicted octanol–water partition coefficient (Wildman–Crippen LogP) is 4.89. The van der Waals surface area contributed by atoms with Crippen LogP contribution in [0.5, 0.6) is 0 Å². The van der Waals surface area contributed by atoms with Gasteiger partial charge in [-0.15, -0.1) is 0 Å². The van der Waals surface area contributed by atoms with Crippen LogP contribution in [0.3, 0.4) is 0 Å². The van der Waals surface area contributed by atoms with Gasteiger partial charge in [-0.3, -0.25) is 4.90 Å². The van der Waals surface area contributed by atoms with Gasteiger partial charge in [-0.2, -0.15) is 13.2 Å². The second-order valence-electron chi connectivity index (χ2n) is 6.86. The van der Waals surface area contributed by atoms with Gasteiger partial charge in [-0.1, -0.05) is 30.9 Å². The van der Waals surface area contributed by atoms with Gasteiger partial charge in [0.05, 0.1) is 5.56 Å². The molecule has 1 saturated carbocycles. The van der Waals surface area contributed by atoms with Crippen molar-refractivity contribution in [2.24, 2.45) is 5.92 Å². The van der Waals surface area contributed by atoms with Crippen molar-refractivity contribution < 1.29 is 13.2 Å². The molecule has 1 atom stereocenters. The van der Waals surface area contributed by atoms with Crippen LogP contribution in [0.2, 0.25) is 5.02 Å². The molecule has 0 radical (unpaired) electrons. The van der Waals surface area contributed by atoms with Crippen LogP contribution in [-0.4, -0.2) is 31.1 Å². The molecule has 0 aromatic heterocycles. The number of halogens is 4. The van der Waals surface area contributed by atoms with Crippen LogP contribution < -0.4 is 5.32 Å². The standard InChI is InChI=1S/C18H24ClF3N2/c19-16-7-6-14(18(20,21)22)12-15(16)17(13-4-2-1-3-5-13)24-10-8-23-9-11-24/h6-7,12-13,17,23H,1-5,8-11H2/t17-/m1/s1. The Hall–Kier alpha value is -0.780. The molecule has 24 heavy (non-hydrogen) atoms. The maximum atomic E-state index is 13.2. The van der Waals surface area contributed by atoms with E-state index in [1.807, 2.05) is 0 Å². The summed E-state index contributed by atoms with van der Waals surface area (Å²) >= 11 is 6.37. The molecule has 2 fully saturated rings. The van der Waals surface area contributed by atoms with Gasteiger partial charge in [0.15, 0.2) is 0 Å². The van der Waals surface area contributed by atoms with Crippen molar-refractivity contribution in [1.29, 1.82) is 0 Å². The third kappa shape index (κ3) is 4.06. The molecule has 0 bridgehead atoms. The van der Waals surface area contributed by atoms with Gasteiger partial charge in [0.25, 0.3) is 0 Å². The van der Waals surface area contributed by atoms with E-state index in [9.17, 15) is 13.2 Å². The lowest BCUT2D eigenvalue weighted by atomic mass is 9.79.